The highest BCUT2D eigenvalue weighted by Gasteiger charge is 2.25. The highest BCUT2D eigenvalue weighted by molar-refractivity contribution is 7.90. The number of nitrogens with one attached hydrogen (secondary N) is 1. The van der Waals surface area contributed by atoms with E-state index in [0.717, 1.165) is 42.2 Å². The molecule has 1 aromatic heterocycles. The lowest BCUT2D eigenvalue weighted by Crippen LogP contribution is -2.42. The standard InChI is InChI=1S/C31H41N3O7S/c1-6-7-12-27(28-18-32-29(41-28)19-34(3)4)40-20-22-13-14-24(25(17-22)23-11-9-8-10-21(23)2)30(35)33-26(31(36)37)15-16-42(5,38)39/h8-11,13-14,17-18,26-27H,6-7,12,15-16,19-20H2,1-5H3,(H,33,35)(H,36,37)/t26-,27-/m0/s1. The van der Waals surface area contributed by atoms with Crippen LogP contribution in [0.25, 0.3) is 11.1 Å². The summed E-state index contributed by atoms with van der Waals surface area (Å²) in [6.45, 7) is 4.89. The molecule has 42 heavy (non-hydrogen) atoms. The quantitative estimate of drug-likeness (QED) is 0.238. The van der Waals surface area contributed by atoms with E-state index in [1.54, 1.807) is 18.3 Å². The van der Waals surface area contributed by atoms with E-state index in [2.05, 4.69) is 17.2 Å². The first-order valence-corrected chi connectivity index (χ1v) is 16.0. The van der Waals surface area contributed by atoms with E-state index in [1.807, 2.05) is 56.3 Å². The third-order valence-corrected chi connectivity index (χ3v) is 7.73. The van der Waals surface area contributed by atoms with Crippen LogP contribution in [0.2, 0.25) is 0 Å². The van der Waals surface area contributed by atoms with Crippen molar-refractivity contribution in [3.8, 4) is 11.1 Å². The summed E-state index contributed by atoms with van der Waals surface area (Å²) in [4.78, 5) is 31.5. The Morgan fingerprint density at radius 2 is 1.86 bits per heavy atom. The van der Waals surface area contributed by atoms with Crippen LogP contribution in [0, 0.1) is 6.92 Å². The number of hydrogen-bond acceptors (Lipinski definition) is 8. The zero-order valence-electron chi connectivity index (χ0n) is 24.9. The van der Waals surface area contributed by atoms with Gasteiger partial charge < -0.3 is 24.5 Å². The number of unbranched alkanes of at least 4 members (excludes halogenated alkanes) is 1. The number of ether oxygens (including phenoxy) is 1. The van der Waals surface area contributed by atoms with Crippen molar-refractivity contribution >= 4 is 21.7 Å². The van der Waals surface area contributed by atoms with Crippen molar-refractivity contribution in [1.29, 1.82) is 0 Å². The van der Waals surface area contributed by atoms with Gasteiger partial charge in [0.1, 0.15) is 22.0 Å². The Balaban J connectivity index is 1.89. The number of rotatable bonds is 16. The van der Waals surface area contributed by atoms with E-state index in [1.165, 1.54) is 0 Å². The van der Waals surface area contributed by atoms with Crippen LogP contribution in [0.1, 0.15) is 71.8 Å². The highest BCUT2D eigenvalue weighted by Crippen LogP contribution is 2.31. The molecule has 2 atom stereocenters. The lowest BCUT2D eigenvalue weighted by molar-refractivity contribution is -0.139. The van der Waals surface area contributed by atoms with Gasteiger partial charge in [-0.2, -0.15) is 0 Å². The molecule has 0 aliphatic heterocycles. The van der Waals surface area contributed by atoms with Crippen LogP contribution in [0.5, 0.6) is 0 Å². The number of aromatic nitrogens is 1. The van der Waals surface area contributed by atoms with Crippen LogP contribution in [-0.2, 0) is 32.5 Å². The number of carboxylic acid groups (broad SMARTS) is 1. The number of oxazole rings is 1. The molecule has 0 unspecified atom stereocenters. The molecule has 2 aromatic carbocycles. The molecule has 0 bridgehead atoms. The number of carboxylic acids is 1. The topological polar surface area (TPSA) is 139 Å². The van der Waals surface area contributed by atoms with Gasteiger partial charge in [-0.05, 0) is 68.2 Å². The number of nitrogens with zero attached hydrogens (tertiary/aromatic N) is 2. The lowest BCUT2D eigenvalue weighted by atomic mass is 9.93. The Morgan fingerprint density at radius 3 is 2.50 bits per heavy atom. The molecule has 228 valence electrons. The summed E-state index contributed by atoms with van der Waals surface area (Å²) in [5, 5.41) is 12.1. The summed E-state index contributed by atoms with van der Waals surface area (Å²) in [5.74, 6) is -0.962. The smallest absolute Gasteiger partial charge is 0.326 e. The molecule has 11 heteroatoms. The van der Waals surface area contributed by atoms with Gasteiger partial charge in [-0.25, -0.2) is 18.2 Å². The van der Waals surface area contributed by atoms with Crippen molar-refractivity contribution in [2.24, 2.45) is 0 Å². The van der Waals surface area contributed by atoms with E-state index in [9.17, 15) is 23.1 Å². The fraction of sp³-hybridized carbons (Fsp3) is 0.452. The minimum absolute atomic E-state index is 0.234. The van der Waals surface area contributed by atoms with Crippen molar-refractivity contribution < 1.29 is 32.3 Å². The fourth-order valence-corrected chi connectivity index (χ4v) is 5.18. The average Bonchev–Trinajstić information content (AvgIpc) is 3.38. The normalized spacial score (nSPS) is 13.2. The van der Waals surface area contributed by atoms with Crippen LogP contribution in [0.3, 0.4) is 0 Å². The molecule has 0 spiro atoms. The van der Waals surface area contributed by atoms with E-state index in [-0.39, 0.29) is 30.4 Å². The number of amides is 1. The maximum atomic E-state index is 13.4. The van der Waals surface area contributed by atoms with Crippen molar-refractivity contribution in [1.82, 2.24) is 15.2 Å². The molecule has 0 fully saturated rings. The molecule has 1 amide bonds. The number of sulfone groups is 1. The van der Waals surface area contributed by atoms with Gasteiger partial charge in [0.05, 0.1) is 25.1 Å². The molecular weight excluding hydrogens is 558 g/mol. The second-order valence-electron chi connectivity index (χ2n) is 10.8. The van der Waals surface area contributed by atoms with E-state index in [4.69, 9.17) is 9.15 Å². The van der Waals surface area contributed by atoms with Crippen LogP contribution >= 0.6 is 0 Å². The van der Waals surface area contributed by atoms with Gasteiger partial charge in [-0.1, -0.05) is 50.1 Å². The monoisotopic (exact) mass is 599 g/mol. The van der Waals surface area contributed by atoms with E-state index >= 15 is 0 Å². The summed E-state index contributed by atoms with van der Waals surface area (Å²) in [6, 6.07) is 11.6. The number of benzene rings is 2. The fourth-order valence-electron chi connectivity index (χ4n) is 4.51. The van der Waals surface area contributed by atoms with Crippen molar-refractivity contribution in [3.63, 3.8) is 0 Å². The first-order chi connectivity index (χ1) is 19.9. The Kier molecular flexibility index (Phi) is 11.8. The summed E-state index contributed by atoms with van der Waals surface area (Å²) in [6.07, 6.45) is 4.94. The van der Waals surface area contributed by atoms with Crippen LogP contribution < -0.4 is 5.32 Å². The molecule has 0 saturated heterocycles. The predicted octanol–water partition coefficient (Wildman–Crippen LogP) is 4.78. The molecule has 0 radical (unpaired) electrons. The molecule has 0 aliphatic carbocycles. The molecule has 2 N–H and O–H groups in total. The Labute approximate surface area is 248 Å². The van der Waals surface area contributed by atoms with Gasteiger partial charge >= 0.3 is 5.97 Å². The SMILES string of the molecule is CCCC[C@H](OCc1ccc(C(=O)N[C@@H](CCS(C)(=O)=O)C(=O)O)c(-c2ccccc2C)c1)c1cnc(CN(C)C)o1. The number of aliphatic carboxylic acids is 1. The van der Waals surface area contributed by atoms with Crippen LogP contribution in [0.4, 0.5) is 0 Å². The number of carbonyl (C=O) groups is 2. The van der Waals surface area contributed by atoms with Gasteiger partial charge in [-0.3, -0.25) is 4.79 Å². The van der Waals surface area contributed by atoms with Crippen molar-refractivity contribution in [2.45, 2.75) is 64.8 Å². The Morgan fingerprint density at radius 1 is 1.12 bits per heavy atom. The number of carbonyl (C=O) groups excluding carboxylic acids is 1. The minimum Gasteiger partial charge on any atom is -0.480 e. The molecule has 1 heterocycles. The van der Waals surface area contributed by atoms with Gasteiger partial charge in [0.2, 0.25) is 5.89 Å². The second-order valence-corrected chi connectivity index (χ2v) is 13.1. The van der Waals surface area contributed by atoms with Gasteiger partial charge in [0.25, 0.3) is 5.91 Å². The maximum Gasteiger partial charge on any atom is 0.326 e. The molecular formula is C31H41N3O7S. The average molecular weight is 600 g/mol. The van der Waals surface area contributed by atoms with Crippen molar-refractivity contribution in [3.05, 3.63) is 77.0 Å². The maximum absolute atomic E-state index is 13.4. The first-order valence-electron chi connectivity index (χ1n) is 14.0. The zero-order valence-corrected chi connectivity index (χ0v) is 25.7. The second kappa shape index (κ2) is 15.1. The highest BCUT2D eigenvalue weighted by atomic mass is 32.2. The van der Waals surface area contributed by atoms with E-state index < -0.39 is 27.8 Å². The summed E-state index contributed by atoms with van der Waals surface area (Å²) in [7, 11) is 0.493. The molecule has 0 aliphatic rings. The van der Waals surface area contributed by atoms with Gasteiger partial charge in [0, 0.05) is 11.8 Å². The third kappa shape index (κ3) is 9.78. The Hall–Kier alpha value is -3.54. The van der Waals surface area contributed by atoms with Crippen molar-refractivity contribution in [2.75, 3.05) is 26.1 Å². The largest absolute Gasteiger partial charge is 0.480 e. The number of aryl methyl sites for hydroxylation is 1. The van der Waals surface area contributed by atoms with E-state index in [0.29, 0.717) is 23.8 Å². The third-order valence-electron chi connectivity index (χ3n) is 6.76. The molecule has 3 aromatic rings. The molecule has 3 rings (SSSR count). The first kappa shape index (κ1) is 33.0. The summed E-state index contributed by atoms with van der Waals surface area (Å²) < 4.78 is 35.5. The minimum atomic E-state index is -3.40. The molecule has 0 saturated carbocycles. The zero-order chi connectivity index (χ0) is 30.9. The van der Waals surface area contributed by atoms with Gasteiger partial charge in [-0.15, -0.1) is 0 Å². The molecule has 10 nitrogen and oxygen atoms in total. The summed E-state index contributed by atoms with van der Waals surface area (Å²) in [5.41, 5.74) is 3.49. The Bertz CT molecular complexity index is 1470. The lowest BCUT2D eigenvalue weighted by Gasteiger charge is -2.19. The summed E-state index contributed by atoms with van der Waals surface area (Å²) >= 11 is 0. The van der Waals surface area contributed by atoms with Crippen LogP contribution in [-0.4, -0.2) is 67.4 Å². The van der Waals surface area contributed by atoms with Crippen LogP contribution in [0.15, 0.2) is 53.1 Å². The number of hydrogen-bond donors (Lipinski definition) is 2. The van der Waals surface area contributed by atoms with Gasteiger partial charge in [0.15, 0.2) is 5.76 Å². The predicted molar refractivity (Wildman–Crippen MR) is 161 cm³/mol.